The maximum Gasteiger partial charge on any atom is 0.373 e. The molecule has 0 spiro atoms. The Kier molecular flexibility index (Phi) is 4.72. The maximum atomic E-state index is 11.2. The summed E-state index contributed by atoms with van der Waals surface area (Å²) in [5, 5.41) is 0. The normalized spacial score (nSPS) is 10.4. The summed E-state index contributed by atoms with van der Waals surface area (Å²) in [5.41, 5.74) is 3.85. The number of esters is 1. The van der Waals surface area contributed by atoms with Gasteiger partial charge in [0.05, 0.1) is 20.3 Å². The first-order valence-corrected chi connectivity index (χ1v) is 5.85. The Bertz CT molecular complexity index is 521. The molecular formula is C14H15NO4. The molecule has 100 valence electrons. The van der Waals surface area contributed by atoms with Crippen molar-refractivity contribution >= 4 is 5.97 Å². The fraction of sp³-hybridized carbons (Fsp3) is 0.214. The molecule has 0 unspecified atom stereocenters. The van der Waals surface area contributed by atoms with Gasteiger partial charge in [0.1, 0.15) is 5.76 Å². The Balaban J connectivity index is 1.74. The molecule has 1 heterocycles. The smallest absolute Gasteiger partial charge is 0.373 e. The minimum absolute atomic E-state index is 0.183. The predicted molar refractivity (Wildman–Crippen MR) is 68.1 cm³/mol. The van der Waals surface area contributed by atoms with Gasteiger partial charge in [0.15, 0.2) is 0 Å². The lowest BCUT2D eigenvalue weighted by molar-refractivity contribution is 0.0196. The van der Waals surface area contributed by atoms with Crippen molar-refractivity contribution in [3.63, 3.8) is 0 Å². The Morgan fingerprint density at radius 2 is 2.00 bits per heavy atom. The van der Waals surface area contributed by atoms with Crippen molar-refractivity contribution in [3.8, 4) is 0 Å². The number of furan rings is 1. The van der Waals surface area contributed by atoms with E-state index in [-0.39, 0.29) is 5.76 Å². The average molecular weight is 261 g/mol. The monoisotopic (exact) mass is 261 g/mol. The van der Waals surface area contributed by atoms with Gasteiger partial charge in [0.2, 0.25) is 5.76 Å². The van der Waals surface area contributed by atoms with Crippen LogP contribution >= 0.6 is 0 Å². The third-order valence-electron chi connectivity index (χ3n) is 2.48. The van der Waals surface area contributed by atoms with Gasteiger partial charge in [-0.1, -0.05) is 30.3 Å². The zero-order valence-electron chi connectivity index (χ0n) is 10.6. The fourth-order valence-corrected chi connectivity index (χ4v) is 1.51. The molecule has 0 aliphatic heterocycles. The molecule has 5 heteroatoms. The van der Waals surface area contributed by atoms with E-state index in [0.29, 0.717) is 18.9 Å². The predicted octanol–water partition coefficient (Wildman–Crippen LogP) is 2.29. The molecular weight excluding hydrogens is 246 g/mol. The number of ether oxygens (including phenoxy) is 1. The molecule has 0 bridgehead atoms. The van der Waals surface area contributed by atoms with Crippen molar-refractivity contribution in [3.05, 3.63) is 59.5 Å². The van der Waals surface area contributed by atoms with Crippen molar-refractivity contribution in [2.45, 2.75) is 13.2 Å². The molecule has 0 aliphatic carbocycles. The van der Waals surface area contributed by atoms with E-state index in [1.807, 2.05) is 30.3 Å². The average Bonchev–Trinajstić information content (AvgIpc) is 2.93. The number of benzene rings is 1. The number of hydrogen-bond acceptors (Lipinski definition) is 5. The summed E-state index contributed by atoms with van der Waals surface area (Å²) in [7, 11) is 1.31. The first kappa shape index (κ1) is 13.3. The van der Waals surface area contributed by atoms with Crippen LogP contribution in [0.25, 0.3) is 0 Å². The van der Waals surface area contributed by atoms with E-state index < -0.39 is 5.97 Å². The molecule has 5 nitrogen and oxygen atoms in total. The van der Waals surface area contributed by atoms with Gasteiger partial charge in [-0.25, -0.2) is 4.79 Å². The molecule has 2 rings (SSSR count). The number of hydroxylamine groups is 1. The van der Waals surface area contributed by atoms with Gasteiger partial charge in [-0.2, -0.15) is 5.48 Å². The second-order valence-corrected chi connectivity index (χ2v) is 3.85. The summed E-state index contributed by atoms with van der Waals surface area (Å²) in [6.07, 6.45) is 0. The molecule has 0 atom stereocenters. The second kappa shape index (κ2) is 6.72. The van der Waals surface area contributed by atoms with E-state index in [2.05, 4.69) is 10.2 Å². The standard InChI is InChI=1S/C14H15NO4/c1-17-14(16)13-8-7-12(19-13)9-15-18-10-11-5-3-2-4-6-11/h2-8,15H,9-10H2,1H3. The minimum atomic E-state index is -0.489. The van der Waals surface area contributed by atoms with Gasteiger partial charge in [0.25, 0.3) is 0 Å². The number of methoxy groups -OCH3 is 1. The molecule has 0 fully saturated rings. The Labute approximate surface area is 111 Å². The van der Waals surface area contributed by atoms with Crippen LogP contribution in [0.1, 0.15) is 21.9 Å². The topological polar surface area (TPSA) is 60.7 Å². The van der Waals surface area contributed by atoms with Crippen molar-refractivity contribution in [2.24, 2.45) is 0 Å². The Hall–Kier alpha value is -2.11. The van der Waals surface area contributed by atoms with Crippen molar-refractivity contribution in [1.29, 1.82) is 0 Å². The largest absolute Gasteiger partial charge is 0.463 e. The van der Waals surface area contributed by atoms with Gasteiger partial charge >= 0.3 is 5.97 Å². The van der Waals surface area contributed by atoms with Crippen LogP contribution in [0.3, 0.4) is 0 Å². The van der Waals surface area contributed by atoms with Crippen LogP contribution in [-0.2, 0) is 22.7 Å². The van der Waals surface area contributed by atoms with Crippen molar-refractivity contribution in [2.75, 3.05) is 7.11 Å². The molecule has 0 amide bonds. The highest BCUT2D eigenvalue weighted by Gasteiger charge is 2.10. The minimum Gasteiger partial charge on any atom is -0.463 e. The summed E-state index contributed by atoms with van der Waals surface area (Å²) in [6, 6.07) is 13.1. The summed E-state index contributed by atoms with van der Waals surface area (Å²) in [5.74, 6) is 0.298. The third kappa shape index (κ3) is 3.94. The highest BCUT2D eigenvalue weighted by Crippen LogP contribution is 2.08. The van der Waals surface area contributed by atoms with Gasteiger partial charge < -0.3 is 9.15 Å². The lowest BCUT2D eigenvalue weighted by atomic mass is 10.2. The highest BCUT2D eigenvalue weighted by molar-refractivity contribution is 5.86. The van der Waals surface area contributed by atoms with Crippen molar-refractivity contribution in [1.82, 2.24) is 5.48 Å². The lowest BCUT2D eigenvalue weighted by Crippen LogP contribution is -2.13. The van der Waals surface area contributed by atoms with Gasteiger partial charge in [-0.3, -0.25) is 4.84 Å². The number of rotatable bonds is 6. The molecule has 1 aromatic carbocycles. The lowest BCUT2D eigenvalue weighted by Gasteiger charge is -2.04. The molecule has 19 heavy (non-hydrogen) atoms. The Morgan fingerprint density at radius 3 is 2.74 bits per heavy atom. The summed E-state index contributed by atoms with van der Waals surface area (Å²) < 4.78 is 9.82. The van der Waals surface area contributed by atoms with Gasteiger partial charge in [-0.05, 0) is 17.7 Å². The molecule has 2 aromatic rings. The maximum absolute atomic E-state index is 11.2. The zero-order valence-corrected chi connectivity index (χ0v) is 10.6. The van der Waals surface area contributed by atoms with E-state index in [9.17, 15) is 4.79 Å². The van der Waals surface area contributed by atoms with Crippen LogP contribution in [0.4, 0.5) is 0 Å². The number of carbonyl (C=O) groups excluding carboxylic acids is 1. The van der Waals surface area contributed by atoms with Crippen LogP contribution in [0, 0.1) is 0 Å². The molecule has 0 aliphatic rings. The van der Waals surface area contributed by atoms with E-state index >= 15 is 0 Å². The van der Waals surface area contributed by atoms with Gasteiger partial charge in [-0.15, -0.1) is 0 Å². The highest BCUT2D eigenvalue weighted by atomic mass is 16.6. The molecule has 0 radical (unpaired) electrons. The van der Waals surface area contributed by atoms with E-state index in [4.69, 9.17) is 9.25 Å². The SMILES string of the molecule is COC(=O)c1ccc(CNOCc2ccccc2)o1. The Morgan fingerprint density at radius 1 is 1.21 bits per heavy atom. The third-order valence-corrected chi connectivity index (χ3v) is 2.48. The molecule has 1 N–H and O–H groups in total. The van der Waals surface area contributed by atoms with E-state index in [1.54, 1.807) is 12.1 Å². The van der Waals surface area contributed by atoms with Crippen LogP contribution in [0.5, 0.6) is 0 Å². The number of nitrogens with one attached hydrogen (secondary N) is 1. The van der Waals surface area contributed by atoms with Crippen LogP contribution < -0.4 is 5.48 Å². The first-order chi connectivity index (χ1) is 9.29. The van der Waals surface area contributed by atoms with Crippen molar-refractivity contribution < 1.29 is 18.8 Å². The number of carbonyl (C=O) groups is 1. The van der Waals surface area contributed by atoms with Crippen LogP contribution in [-0.4, -0.2) is 13.1 Å². The quantitative estimate of drug-likeness (QED) is 0.491. The molecule has 1 aromatic heterocycles. The zero-order chi connectivity index (χ0) is 13.5. The first-order valence-electron chi connectivity index (χ1n) is 5.85. The van der Waals surface area contributed by atoms with Gasteiger partial charge in [0, 0.05) is 0 Å². The summed E-state index contributed by atoms with van der Waals surface area (Å²) >= 11 is 0. The fourth-order valence-electron chi connectivity index (χ4n) is 1.51. The molecule has 0 saturated heterocycles. The molecule has 0 saturated carbocycles. The van der Waals surface area contributed by atoms with E-state index in [1.165, 1.54) is 7.11 Å². The summed E-state index contributed by atoms with van der Waals surface area (Å²) in [6.45, 7) is 0.842. The number of hydrogen-bond donors (Lipinski definition) is 1. The second-order valence-electron chi connectivity index (χ2n) is 3.85. The summed E-state index contributed by atoms with van der Waals surface area (Å²) in [4.78, 5) is 16.5. The van der Waals surface area contributed by atoms with Crippen LogP contribution in [0.2, 0.25) is 0 Å². The van der Waals surface area contributed by atoms with Crippen LogP contribution in [0.15, 0.2) is 46.9 Å². The van der Waals surface area contributed by atoms with E-state index in [0.717, 1.165) is 5.56 Å².